The van der Waals surface area contributed by atoms with Gasteiger partial charge in [0.05, 0.1) is 10.6 Å². The Bertz CT molecular complexity index is 548. The van der Waals surface area contributed by atoms with Gasteiger partial charge in [-0.05, 0) is 18.6 Å². The molecule has 0 aliphatic heterocycles. The van der Waals surface area contributed by atoms with Crippen LogP contribution < -0.4 is 5.73 Å². The Hall–Kier alpha value is -1.68. The second kappa shape index (κ2) is 4.06. The van der Waals surface area contributed by atoms with Crippen molar-refractivity contribution in [1.29, 1.82) is 0 Å². The van der Waals surface area contributed by atoms with Gasteiger partial charge in [-0.3, -0.25) is 4.79 Å². The van der Waals surface area contributed by atoms with Crippen molar-refractivity contribution in [2.45, 2.75) is 6.92 Å². The number of nitrogens with two attached hydrogens (primary N) is 1. The lowest BCUT2D eigenvalue weighted by atomic mass is 10.0. The summed E-state index contributed by atoms with van der Waals surface area (Å²) >= 11 is 1.24. The van der Waals surface area contributed by atoms with E-state index in [1.807, 2.05) is 6.92 Å². The molecule has 4 heteroatoms. The van der Waals surface area contributed by atoms with Crippen LogP contribution in [0.1, 0.15) is 15.9 Å². The van der Waals surface area contributed by atoms with Gasteiger partial charge in [0.1, 0.15) is 5.82 Å². The Morgan fingerprint density at radius 3 is 2.75 bits per heavy atom. The number of hydrogen-bond acceptors (Lipinski definition) is 3. The van der Waals surface area contributed by atoms with Gasteiger partial charge in [0.15, 0.2) is 6.29 Å². The van der Waals surface area contributed by atoms with E-state index in [4.69, 9.17) is 5.73 Å². The molecule has 0 unspecified atom stereocenters. The van der Waals surface area contributed by atoms with Crippen LogP contribution in [0.2, 0.25) is 0 Å². The summed E-state index contributed by atoms with van der Waals surface area (Å²) in [4.78, 5) is 10.9. The molecule has 0 saturated heterocycles. The molecule has 82 valence electrons. The highest BCUT2D eigenvalue weighted by molar-refractivity contribution is 7.14. The van der Waals surface area contributed by atoms with E-state index in [1.165, 1.54) is 17.4 Å². The van der Waals surface area contributed by atoms with E-state index in [0.29, 0.717) is 28.0 Å². The third kappa shape index (κ3) is 1.72. The van der Waals surface area contributed by atoms with Gasteiger partial charge < -0.3 is 5.73 Å². The summed E-state index contributed by atoms with van der Waals surface area (Å²) in [6.45, 7) is 1.81. The van der Waals surface area contributed by atoms with Crippen molar-refractivity contribution in [1.82, 2.24) is 0 Å². The first-order valence-electron chi connectivity index (χ1n) is 4.72. The van der Waals surface area contributed by atoms with Crippen LogP contribution in [-0.2, 0) is 0 Å². The molecule has 0 aliphatic rings. The molecule has 0 radical (unpaired) electrons. The van der Waals surface area contributed by atoms with E-state index < -0.39 is 0 Å². The highest BCUT2D eigenvalue weighted by Gasteiger charge is 2.13. The number of carbonyl (C=O) groups is 1. The summed E-state index contributed by atoms with van der Waals surface area (Å²) in [6.07, 6.45) is 0.667. The maximum absolute atomic E-state index is 13.7. The molecule has 0 amide bonds. The largest absolute Gasteiger partial charge is 0.390 e. The lowest BCUT2D eigenvalue weighted by Crippen LogP contribution is -1.91. The predicted molar refractivity (Wildman–Crippen MR) is 64.2 cm³/mol. The normalized spacial score (nSPS) is 10.4. The summed E-state index contributed by atoms with van der Waals surface area (Å²) in [5.74, 6) is -0.332. The highest BCUT2D eigenvalue weighted by atomic mass is 32.1. The Morgan fingerprint density at radius 2 is 2.12 bits per heavy atom. The lowest BCUT2D eigenvalue weighted by Gasteiger charge is -2.03. The molecule has 1 aromatic heterocycles. The minimum Gasteiger partial charge on any atom is -0.390 e. The fraction of sp³-hybridized carbons (Fsp3) is 0.0833. The number of halogens is 1. The van der Waals surface area contributed by atoms with Crippen molar-refractivity contribution < 1.29 is 9.18 Å². The third-order valence-corrected chi connectivity index (χ3v) is 3.22. The van der Waals surface area contributed by atoms with Crippen LogP contribution in [0.4, 0.5) is 9.39 Å². The summed E-state index contributed by atoms with van der Waals surface area (Å²) in [7, 11) is 0. The maximum Gasteiger partial charge on any atom is 0.153 e. The van der Waals surface area contributed by atoms with Crippen LogP contribution in [0.15, 0.2) is 23.6 Å². The SMILES string of the molecule is Cc1ccc(-c2csc(N)c2C=O)c(F)c1. The second-order valence-corrected chi connectivity index (χ2v) is 4.44. The number of carbonyl (C=O) groups excluding carboxylic acids is 1. The van der Waals surface area contributed by atoms with Crippen LogP contribution in [0.5, 0.6) is 0 Å². The number of nitrogen functional groups attached to an aromatic ring is 1. The summed E-state index contributed by atoms with van der Waals surface area (Å²) in [5, 5.41) is 2.12. The summed E-state index contributed by atoms with van der Waals surface area (Å²) in [6, 6.07) is 4.91. The van der Waals surface area contributed by atoms with E-state index in [0.717, 1.165) is 5.56 Å². The maximum atomic E-state index is 13.7. The molecule has 16 heavy (non-hydrogen) atoms. The summed E-state index contributed by atoms with van der Waals surface area (Å²) < 4.78 is 13.7. The van der Waals surface area contributed by atoms with Crippen LogP contribution in [-0.4, -0.2) is 6.29 Å². The minimum atomic E-state index is -0.332. The van der Waals surface area contributed by atoms with Gasteiger partial charge in [-0.1, -0.05) is 12.1 Å². The Balaban J connectivity index is 2.63. The predicted octanol–water partition coefficient (Wildman–Crippen LogP) is 3.26. The quantitative estimate of drug-likeness (QED) is 0.812. The number of aryl methyl sites for hydroxylation is 1. The fourth-order valence-electron chi connectivity index (χ4n) is 1.55. The topological polar surface area (TPSA) is 43.1 Å². The number of rotatable bonds is 2. The van der Waals surface area contributed by atoms with Crippen LogP contribution in [0.25, 0.3) is 11.1 Å². The molecular formula is C12H10FNOS. The van der Waals surface area contributed by atoms with Gasteiger partial charge in [0.2, 0.25) is 0 Å². The lowest BCUT2D eigenvalue weighted by molar-refractivity contribution is 0.112. The Morgan fingerprint density at radius 1 is 1.38 bits per heavy atom. The third-order valence-electron chi connectivity index (χ3n) is 2.39. The molecule has 0 atom stereocenters. The minimum absolute atomic E-state index is 0.332. The van der Waals surface area contributed by atoms with E-state index in [2.05, 4.69) is 0 Å². The molecule has 2 rings (SSSR count). The Labute approximate surface area is 96.5 Å². The van der Waals surface area contributed by atoms with Gasteiger partial charge in [-0.15, -0.1) is 11.3 Å². The van der Waals surface area contributed by atoms with E-state index in [1.54, 1.807) is 17.5 Å². The van der Waals surface area contributed by atoms with Crippen LogP contribution in [0.3, 0.4) is 0 Å². The number of benzene rings is 1. The zero-order valence-electron chi connectivity index (χ0n) is 8.66. The number of aldehydes is 1. The van der Waals surface area contributed by atoms with Crippen molar-refractivity contribution in [2.24, 2.45) is 0 Å². The van der Waals surface area contributed by atoms with E-state index >= 15 is 0 Å². The molecule has 0 aliphatic carbocycles. The molecule has 0 saturated carbocycles. The fourth-order valence-corrected chi connectivity index (χ4v) is 2.33. The monoisotopic (exact) mass is 235 g/mol. The average Bonchev–Trinajstić information content (AvgIpc) is 2.59. The van der Waals surface area contributed by atoms with Crippen LogP contribution in [0, 0.1) is 12.7 Å². The second-order valence-electron chi connectivity index (χ2n) is 3.53. The van der Waals surface area contributed by atoms with Gasteiger partial charge in [-0.25, -0.2) is 4.39 Å². The first-order valence-corrected chi connectivity index (χ1v) is 5.60. The Kier molecular flexibility index (Phi) is 2.75. The molecule has 0 bridgehead atoms. The first-order chi connectivity index (χ1) is 7.63. The van der Waals surface area contributed by atoms with Crippen molar-refractivity contribution in [3.8, 4) is 11.1 Å². The molecular weight excluding hydrogens is 225 g/mol. The molecule has 0 fully saturated rings. The first kappa shape index (κ1) is 10.8. The summed E-state index contributed by atoms with van der Waals surface area (Å²) in [5.41, 5.74) is 7.83. The standard InChI is InChI=1S/C12H10FNOS/c1-7-2-3-8(11(13)4-7)10-6-16-12(14)9(10)5-15/h2-6H,14H2,1H3. The number of hydrogen-bond donors (Lipinski definition) is 1. The molecule has 2 aromatic rings. The van der Waals surface area contributed by atoms with Crippen molar-refractivity contribution in [2.75, 3.05) is 5.73 Å². The molecule has 2 N–H and O–H groups in total. The molecule has 1 aromatic carbocycles. The average molecular weight is 235 g/mol. The molecule has 2 nitrogen and oxygen atoms in total. The smallest absolute Gasteiger partial charge is 0.153 e. The van der Waals surface area contributed by atoms with Gasteiger partial charge >= 0.3 is 0 Å². The molecule has 0 spiro atoms. The zero-order chi connectivity index (χ0) is 11.7. The van der Waals surface area contributed by atoms with Crippen molar-refractivity contribution in [3.63, 3.8) is 0 Å². The zero-order valence-corrected chi connectivity index (χ0v) is 9.48. The van der Waals surface area contributed by atoms with Gasteiger partial charge in [0.25, 0.3) is 0 Å². The van der Waals surface area contributed by atoms with Crippen molar-refractivity contribution >= 4 is 22.6 Å². The number of thiophene rings is 1. The van der Waals surface area contributed by atoms with Crippen LogP contribution >= 0.6 is 11.3 Å². The van der Waals surface area contributed by atoms with Crippen molar-refractivity contribution in [3.05, 3.63) is 40.5 Å². The van der Waals surface area contributed by atoms with E-state index in [9.17, 15) is 9.18 Å². The van der Waals surface area contributed by atoms with Gasteiger partial charge in [-0.2, -0.15) is 0 Å². The van der Waals surface area contributed by atoms with Gasteiger partial charge in [0, 0.05) is 16.5 Å². The van der Waals surface area contributed by atoms with E-state index in [-0.39, 0.29) is 5.82 Å². The highest BCUT2D eigenvalue weighted by Crippen LogP contribution is 2.33. The molecule has 1 heterocycles. The number of anilines is 1.